The molecule has 2 N–H and O–H groups in total. The van der Waals surface area contributed by atoms with Gasteiger partial charge in [-0.3, -0.25) is 9.59 Å². The van der Waals surface area contributed by atoms with Crippen molar-refractivity contribution in [2.45, 2.75) is 20.8 Å². The zero-order chi connectivity index (χ0) is 16.1. The smallest absolute Gasteiger partial charge is 0.265 e. The van der Waals surface area contributed by atoms with E-state index in [1.807, 2.05) is 32.2 Å². The highest BCUT2D eigenvalue weighted by Gasteiger charge is 2.11. The summed E-state index contributed by atoms with van der Waals surface area (Å²) in [5.74, 6) is 0.196. The zero-order valence-electron chi connectivity index (χ0n) is 13.0. The van der Waals surface area contributed by atoms with Gasteiger partial charge in [0.25, 0.3) is 11.8 Å². The molecule has 0 aliphatic heterocycles. The van der Waals surface area contributed by atoms with E-state index < -0.39 is 0 Å². The molecule has 0 radical (unpaired) electrons. The molecule has 0 atom stereocenters. The van der Waals surface area contributed by atoms with Gasteiger partial charge >= 0.3 is 0 Å². The number of thiophene rings is 1. The molecule has 0 saturated heterocycles. The summed E-state index contributed by atoms with van der Waals surface area (Å²) in [4.78, 5) is 24.7. The van der Waals surface area contributed by atoms with Gasteiger partial charge in [0.15, 0.2) is 0 Å². The van der Waals surface area contributed by atoms with Crippen LogP contribution in [0, 0.1) is 12.8 Å². The molecule has 2 rings (SSSR count). The second-order valence-corrected chi connectivity index (χ2v) is 6.48. The third-order valence-corrected chi connectivity index (χ3v) is 4.16. The van der Waals surface area contributed by atoms with Crippen LogP contribution in [0.1, 0.15) is 39.4 Å². The number of anilines is 1. The van der Waals surface area contributed by atoms with Gasteiger partial charge in [0.05, 0.1) is 4.88 Å². The first kappa shape index (κ1) is 16.2. The molecule has 0 bridgehead atoms. The van der Waals surface area contributed by atoms with E-state index in [-0.39, 0.29) is 11.8 Å². The highest BCUT2D eigenvalue weighted by Crippen LogP contribution is 2.18. The van der Waals surface area contributed by atoms with Crippen LogP contribution in [-0.4, -0.2) is 18.4 Å². The summed E-state index contributed by atoms with van der Waals surface area (Å²) in [6.45, 7) is 6.65. The first-order valence-corrected chi connectivity index (χ1v) is 8.09. The summed E-state index contributed by atoms with van der Waals surface area (Å²) in [7, 11) is 0. The fraction of sp³-hybridized carbons (Fsp3) is 0.294. The molecule has 0 unspecified atom stereocenters. The van der Waals surface area contributed by atoms with Gasteiger partial charge in [0.1, 0.15) is 0 Å². The van der Waals surface area contributed by atoms with Gasteiger partial charge in [-0.2, -0.15) is 0 Å². The van der Waals surface area contributed by atoms with Crippen molar-refractivity contribution in [3.05, 3.63) is 51.7 Å². The van der Waals surface area contributed by atoms with Gasteiger partial charge in [0.2, 0.25) is 0 Å². The second-order valence-electron chi connectivity index (χ2n) is 5.57. The van der Waals surface area contributed by atoms with Gasteiger partial charge in [-0.15, -0.1) is 11.3 Å². The molecule has 4 nitrogen and oxygen atoms in total. The van der Waals surface area contributed by atoms with Crippen LogP contribution in [-0.2, 0) is 0 Å². The van der Waals surface area contributed by atoms with Gasteiger partial charge in [0, 0.05) is 17.8 Å². The van der Waals surface area contributed by atoms with Gasteiger partial charge in [-0.1, -0.05) is 13.8 Å². The standard InChI is InChI=1S/C17H20N2O2S/c1-11(2)10-18-16(20)13-4-6-14(7-5-13)19-17(21)15-12(3)8-9-22-15/h4-9,11H,10H2,1-3H3,(H,18,20)(H,19,21). The number of carbonyl (C=O) groups is 2. The van der Waals surface area contributed by atoms with Gasteiger partial charge in [-0.25, -0.2) is 0 Å². The number of amides is 2. The van der Waals surface area contributed by atoms with Crippen LogP contribution in [0.2, 0.25) is 0 Å². The highest BCUT2D eigenvalue weighted by molar-refractivity contribution is 7.12. The minimum atomic E-state index is -0.121. The van der Waals surface area contributed by atoms with E-state index >= 15 is 0 Å². The molecule has 22 heavy (non-hydrogen) atoms. The molecule has 0 spiro atoms. The van der Waals surface area contributed by atoms with Crippen LogP contribution < -0.4 is 10.6 Å². The monoisotopic (exact) mass is 316 g/mol. The lowest BCUT2D eigenvalue weighted by Gasteiger charge is -2.09. The van der Waals surface area contributed by atoms with Crippen molar-refractivity contribution in [1.29, 1.82) is 0 Å². The van der Waals surface area contributed by atoms with E-state index in [0.29, 0.717) is 28.6 Å². The number of nitrogens with one attached hydrogen (secondary N) is 2. The molecular weight excluding hydrogens is 296 g/mol. The molecule has 1 aromatic carbocycles. The number of carbonyl (C=O) groups excluding carboxylic acids is 2. The predicted octanol–water partition coefficient (Wildman–Crippen LogP) is 3.69. The van der Waals surface area contributed by atoms with Crippen molar-refractivity contribution < 1.29 is 9.59 Å². The Hall–Kier alpha value is -2.14. The van der Waals surface area contributed by atoms with E-state index in [4.69, 9.17) is 0 Å². The maximum absolute atomic E-state index is 12.1. The quantitative estimate of drug-likeness (QED) is 0.883. The highest BCUT2D eigenvalue weighted by atomic mass is 32.1. The summed E-state index contributed by atoms with van der Waals surface area (Å²) in [6, 6.07) is 8.83. The first-order valence-electron chi connectivity index (χ1n) is 7.21. The first-order chi connectivity index (χ1) is 10.5. The number of aryl methyl sites for hydroxylation is 1. The lowest BCUT2D eigenvalue weighted by molar-refractivity contribution is 0.0948. The summed E-state index contributed by atoms with van der Waals surface area (Å²) >= 11 is 1.42. The van der Waals surface area contributed by atoms with Crippen molar-refractivity contribution >= 4 is 28.8 Å². The van der Waals surface area contributed by atoms with Crippen molar-refractivity contribution in [1.82, 2.24) is 5.32 Å². The Morgan fingerprint density at radius 2 is 1.77 bits per heavy atom. The van der Waals surface area contributed by atoms with Crippen LogP contribution in [0.25, 0.3) is 0 Å². The molecule has 0 saturated carbocycles. The van der Waals surface area contributed by atoms with Crippen molar-refractivity contribution in [2.75, 3.05) is 11.9 Å². The Morgan fingerprint density at radius 1 is 1.09 bits per heavy atom. The Morgan fingerprint density at radius 3 is 2.32 bits per heavy atom. The van der Waals surface area contributed by atoms with Crippen LogP contribution in [0.15, 0.2) is 35.7 Å². The Kier molecular flexibility index (Phi) is 5.33. The molecule has 0 aliphatic rings. The fourth-order valence-electron chi connectivity index (χ4n) is 1.90. The molecule has 0 fully saturated rings. The minimum absolute atomic E-state index is 0.0966. The molecule has 2 aromatic rings. The van der Waals surface area contributed by atoms with Gasteiger partial charge < -0.3 is 10.6 Å². The maximum Gasteiger partial charge on any atom is 0.265 e. The van der Waals surface area contributed by atoms with Crippen LogP contribution in [0.3, 0.4) is 0 Å². The van der Waals surface area contributed by atoms with E-state index in [1.54, 1.807) is 24.3 Å². The predicted molar refractivity (Wildman–Crippen MR) is 90.6 cm³/mol. The summed E-state index contributed by atoms with van der Waals surface area (Å²) in [6.07, 6.45) is 0. The van der Waals surface area contributed by atoms with E-state index in [2.05, 4.69) is 10.6 Å². The average molecular weight is 316 g/mol. The van der Waals surface area contributed by atoms with Crippen molar-refractivity contribution in [2.24, 2.45) is 5.92 Å². The number of hydrogen-bond donors (Lipinski definition) is 2. The molecule has 5 heteroatoms. The molecule has 0 aliphatic carbocycles. The topological polar surface area (TPSA) is 58.2 Å². The second kappa shape index (κ2) is 7.22. The Labute approximate surface area is 134 Å². The maximum atomic E-state index is 12.1. The van der Waals surface area contributed by atoms with Crippen LogP contribution in [0.5, 0.6) is 0 Å². The summed E-state index contributed by atoms with van der Waals surface area (Å²) in [5.41, 5.74) is 2.23. The van der Waals surface area contributed by atoms with E-state index in [1.165, 1.54) is 11.3 Å². The molecule has 1 aromatic heterocycles. The summed E-state index contributed by atoms with van der Waals surface area (Å²) < 4.78 is 0. The van der Waals surface area contributed by atoms with Crippen LogP contribution >= 0.6 is 11.3 Å². The molecular formula is C17H20N2O2S. The lowest BCUT2D eigenvalue weighted by atomic mass is 10.1. The average Bonchev–Trinajstić information content (AvgIpc) is 2.91. The summed E-state index contributed by atoms with van der Waals surface area (Å²) in [5, 5.41) is 7.60. The molecule has 116 valence electrons. The van der Waals surface area contributed by atoms with Gasteiger partial charge in [-0.05, 0) is 54.1 Å². The Bertz CT molecular complexity index is 660. The largest absolute Gasteiger partial charge is 0.352 e. The molecule has 1 heterocycles. The van der Waals surface area contributed by atoms with Crippen molar-refractivity contribution in [3.8, 4) is 0 Å². The molecule has 2 amide bonds. The van der Waals surface area contributed by atoms with E-state index in [0.717, 1.165) is 5.56 Å². The fourth-order valence-corrected chi connectivity index (χ4v) is 2.72. The number of benzene rings is 1. The Balaban J connectivity index is 1.99. The van der Waals surface area contributed by atoms with Crippen LogP contribution in [0.4, 0.5) is 5.69 Å². The normalized spacial score (nSPS) is 10.5. The number of hydrogen-bond acceptors (Lipinski definition) is 3. The van der Waals surface area contributed by atoms with E-state index in [9.17, 15) is 9.59 Å². The third kappa shape index (κ3) is 4.18. The van der Waals surface area contributed by atoms with Crippen molar-refractivity contribution in [3.63, 3.8) is 0 Å². The zero-order valence-corrected chi connectivity index (χ0v) is 13.8. The minimum Gasteiger partial charge on any atom is -0.352 e. The SMILES string of the molecule is Cc1ccsc1C(=O)Nc1ccc(C(=O)NCC(C)C)cc1. The lowest BCUT2D eigenvalue weighted by Crippen LogP contribution is -2.27. The third-order valence-electron chi connectivity index (χ3n) is 3.14. The number of rotatable bonds is 5.